The van der Waals surface area contributed by atoms with Crippen molar-refractivity contribution in [3.63, 3.8) is 0 Å². The zero-order valence-corrected chi connectivity index (χ0v) is 10.3. The summed E-state index contributed by atoms with van der Waals surface area (Å²) in [6, 6.07) is 8.21. The molecule has 0 aliphatic rings. The van der Waals surface area contributed by atoms with E-state index in [1.54, 1.807) is 18.2 Å². The molecule has 2 rings (SSSR count). The predicted molar refractivity (Wildman–Crippen MR) is 70.2 cm³/mol. The molecule has 2 aromatic rings. The lowest BCUT2D eigenvalue weighted by molar-refractivity contribution is 0.101. The van der Waals surface area contributed by atoms with Gasteiger partial charge >= 0.3 is 0 Å². The summed E-state index contributed by atoms with van der Waals surface area (Å²) in [7, 11) is 0. The Bertz CT molecular complexity index is 647. The summed E-state index contributed by atoms with van der Waals surface area (Å²) in [4.78, 5) is 11.8. The SMILES string of the molecule is Nc1ccc(F)c(C(=O)Nc2cccc(Cl)c2)c1F. The molecule has 0 spiro atoms. The van der Waals surface area contributed by atoms with Crippen molar-refractivity contribution in [3.05, 3.63) is 58.6 Å². The first-order chi connectivity index (χ1) is 8.99. The van der Waals surface area contributed by atoms with Crippen molar-refractivity contribution in [3.8, 4) is 0 Å². The molecule has 0 aliphatic heterocycles. The van der Waals surface area contributed by atoms with E-state index in [0.717, 1.165) is 12.1 Å². The van der Waals surface area contributed by atoms with Gasteiger partial charge in [-0.3, -0.25) is 4.79 Å². The van der Waals surface area contributed by atoms with Crippen LogP contribution in [0.15, 0.2) is 36.4 Å². The highest BCUT2D eigenvalue weighted by atomic mass is 35.5. The second kappa shape index (κ2) is 5.24. The topological polar surface area (TPSA) is 55.1 Å². The Hall–Kier alpha value is -2.14. The standard InChI is InChI=1S/C13H9ClF2N2O/c14-7-2-1-3-8(6-7)18-13(19)11-9(15)4-5-10(17)12(11)16/h1-6H,17H2,(H,18,19). The lowest BCUT2D eigenvalue weighted by atomic mass is 10.1. The van der Waals surface area contributed by atoms with Crippen LogP contribution in [0.5, 0.6) is 0 Å². The summed E-state index contributed by atoms with van der Waals surface area (Å²) in [5.74, 6) is -2.99. The smallest absolute Gasteiger partial charge is 0.261 e. The van der Waals surface area contributed by atoms with Crippen molar-refractivity contribution in [2.75, 3.05) is 11.1 Å². The largest absolute Gasteiger partial charge is 0.396 e. The highest BCUT2D eigenvalue weighted by Gasteiger charge is 2.19. The van der Waals surface area contributed by atoms with E-state index in [1.807, 2.05) is 0 Å². The van der Waals surface area contributed by atoms with Gasteiger partial charge in [0.05, 0.1) is 5.69 Å². The normalized spacial score (nSPS) is 10.3. The Morgan fingerprint density at radius 3 is 2.63 bits per heavy atom. The molecule has 0 fully saturated rings. The number of carbonyl (C=O) groups is 1. The number of hydrogen-bond donors (Lipinski definition) is 2. The molecule has 6 heteroatoms. The minimum absolute atomic E-state index is 0.294. The molecule has 0 radical (unpaired) electrons. The van der Waals surface area contributed by atoms with Gasteiger partial charge in [-0.2, -0.15) is 0 Å². The minimum atomic E-state index is -1.08. The summed E-state index contributed by atoms with van der Waals surface area (Å²) < 4.78 is 27.1. The van der Waals surface area contributed by atoms with E-state index in [-0.39, 0.29) is 5.69 Å². The summed E-state index contributed by atoms with van der Waals surface area (Å²) in [5.41, 5.74) is 4.62. The minimum Gasteiger partial charge on any atom is -0.396 e. The lowest BCUT2D eigenvalue weighted by Crippen LogP contribution is -2.16. The Kier molecular flexibility index (Phi) is 3.66. The highest BCUT2D eigenvalue weighted by molar-refractivity contribution is 6.31. The first-order valence-corrected chi connectivity index (χ1v) is 5.67. The summed E-state index contributed by atoms with van der Waals surface area (Å²) >= 11 is 5.74. The summed E-state index contributed by atoms with van der Waals surface area (Å²) in [6.45, 7) is 0. The van der Waals surface area contributed by atoms with E-state index in [0.29, 0.717) is 10.7 Å². The molecular weight excluding hydrogens is 274 g/mol. The number of amides is 1. The van der Waals surface area contributed by atoms with Gasteiger partial charge in [-0.1, -0.05) is 17.7 Å². The van der Waals surface area contributed by atoms with Gasteiger partial charge in [0.15, 0.2) is 5.82 Å². The quantitative estimate of drug-likeness (QED) is 0.829. The fourth-order valence-corrected chi connectivity index (χ4v) is 1.73. The number of nitrogens with one attached hydrogen (secondary N) is 1. The first kappa shape index (κ1) is 13.3. The summed E-state index contributed by atoms with van der Waals surface area (Å²) in [6.07, 6.45) is 0. The molecule has 1 amide bonds. The molecule has 0 saturated carbocycles. The van der Waals surface area contributed by atoms with Crippen molar-refractivity contribution in [1.29, 1.82) is 0 Å². The zero-order valence-electron chi connectivity index (χ0n) is 9.58. The average molecular weight is 283 g/mol. The van der Waals surface area contributed by atoms with Crippen molar-refractivity contribution in [1.82, 2.24) is 0 Å². The first-order valence-electron chi connectivity index (χ1n) is 5.29. The molecule has 3 N–H and O–H groups in total. The third-order valence-electron chi connectivity index (χ3n) is 2.43. The Labute approximate surface area is 113 Å². The van der Waals surface area contributed by atoms with E-state index >= 15 is 0 Å². The van der Waals surface area contributed by atoms with E-state index < -0.39 is 23.1 Å². The van der Waals surface area contributed by atoms with Crippen LogP contribution in [-0.4, -0.2) is 5.91 Å². The number of rotatable bonds is 2. The van der Waals surface area contributed by atoms with E-state index in [4.69, 9.17) is 17.3 Å². The van der Waals surface area contributed by atoms with Crippen LogP contribution in [0.1, 0.15) is 10.4 Å². The van der Waals surface area contributed by atoms with Crippen LogP contribution in [-0.2, 0) is 0 Å². The van der Waals surface area contributed by atoms with E-state index in [9.17, 15) is 13.6 Å². The number of anilines is 2. The average Bonchev–Trinajstić information content (AvgIpc) is 2.34. The molecule has 0 aromatic heterocycles. The van der Waals surface area contributed by atoms with Crippen LogP contribution < -0.4 is 11.1 Å². The van der Waals surface area contributed by atoms with Crippen LogP contribution in [0.4, 0.5) is 20.2 Å². The summed E-state index contributed by atoms with van der Waals surface area (Å²) in [5, 5.41) is 2.74. The van der Waals surface area contributed by atoms with Crippen molar-refractivity contribution >= 4 is 28.9 Å². The number of halogens is 3. The third-order valence-corrected chi connectivity index (χ3v) is 2.67. The van der Waals surface area contributed by atoms with Gasteiger partial charge in [0.2, 0.25) is 0 Å². The van der Waals surface area contributed by atoms with Crippen molar-refractivity contribution < 1.29 is 13.6 Å². The number of carbonyl (C=O) groups excluding carboxylic acids is 1. The van der Waals surface area contributed by atoms with Gasteiger partial charge in [0.25, 0.3) is 5.91 Å². The Balaban J connectivity index is 2.33. The second-order valence-electron chi connectivity index (χ2n) is 3.79. The molecule has 0 heterocycles. The molecule has 19 heavy (non-hydrogen) atoms. The maximum absolute atomic E-state index is 13.6. The van der Waals surface area contributed by atoms with Crippen LogP contribution in [0.25, 0.3) is 0 Å². The number of benzene rings is 2. The van der Waals surface area contributed by atoms with Gasteiger partial charge in [-0.05, 0) is 30.3 Å². The van der Waals surface area contributed by atoms with Gasteiger partial charge < -0.3 is 11.1 Å². The number of nitrogen functional groups attached to an aromatic ring is 1. The highest BCUT2D eigenvalue weighted by Crippen LogP contribution is 2.21. The zero-order chi connectivity index (χ0) is 14.0. The van der Waals surface area contributed by atoms with Gasteiger partial charge in [0, 0.05) is 10.7 Å². The molecular formula is C13H9ClF2N2O. The lowest BCUT2D eigenvalue weighted by Gasteiger charge is -2.08. The monoisotopic (exact) mass is 282 g/mol. The van der Waals surface area contributed by atoms with Gasteiger partial charge in [-0.25, -0.2) is 8.78 Å². The van der Waals surface area contributed by atoms with Crippen LogP contribution in [0, 0.1) is 11.6 Å². The fraction of sp³-hybridized carbons (Fsp3) is 0. The molecule has 0 saturated heterocycles. The van der Waals surface area contributed by atoms with Crippen LogP contribution in [0.3, 0.4) is 0 Å². The maximum Gasteiger partial charge on any atom is 0.261 e. The van der Waals surface area contributed by atoms with Gasteiger partial charge in [-0.15, -0.1) is 0 Å². The molecule has 0 atom stereocenters. The number of nitrogens with two attached hydrogens (primary N) is 1. The predicted octanol–water partition coefficient (Wildman–Crippen LogP) is 3.45. The van der Waals surface area contributed by atoms with E-state index in [1.165, 1.54) is 6.07 Å². The number of hydrogen-bond acceptors (Lipinski definition) is 2. The molecule has 0 aliphatic carbocycles. The van der Waals surface area contributed by atoms with E-state index in [2.05, 4.69) is 5.32 Å². The van der Waals surface area contributed by atoms with Crippen LogP contribution >= 0.6 is 11.6 Å². The second-order valence-corrected chi connectivity index (χ2v) is 4.23. The maximum atomic E-state index is 13.6. The molecule has 98 valence electrons. The Morgan fingerprint density at radius 1 is 1.21 bits per heavy atom. The Morgan fingerprint density at radius 2 is 1.95 bits per heavy atom. The molecule has 0 unspecified atom stereocenters. The van der Waals surface area contributed by atoms with Crippen molar-refractivity contribution in [2.45, 2.75) is 0 Å². The fourth-order valence-electron chi connectivity index (χ4n) is 1.54. The van der Waals surface area contributed by atoms with Gasteiger partial charge in [0.1, 0.15) is 11.4 Å². The van der Waals surface area contributed by atoms with Crippen LogP contribution in [0.2, 0.25) is 5.02 Å². The molecule has 2 aromatic carbocycles. The molecule has 0 bridgehead atoms. The van der Waals surface area contributed by atoms with Crippen molar-refractivity contribution in [2.24, 2.45) is 0 Å². The third kappa shape index (κ3) is 2.82. The molecule has 3 nitrogen and oxygen atoms in total.